The van der Waals surface area contributed by atoms with Gasteiger partial charge in [-0.3, -0.25) is 0 Å². The zero-order valence-corrected chi connectivity index (χ0v) is 10.8. The number of methoxy groups -OCH3 is 1. The third-order valence-corrected chi connectivity index (χ3v) is 2.70. The fourth-order valence-electron chi connectivity index (χ4n) is 1.71. The molecule has 2 rings (SSSR count). The Bertz CT molecular complexity index is 575. The van der Waals surface area contributed by atoms with E-state index in [0.717, 1.165) is 5.69 Å². The summed E-state index contributed by atoms with van der Waals surface area (Å²) >= 11 is 5.73. The molecule has 94 valence electrons. The molecule has 0 saturated heterocycles. The molecular formula is C13H12ClFN2O. The minimum absolute atomic E-state index is 0.215. The van der Waals surface area contributed by atoms with Gasteiger partial charge in [0, 0.05) is 11.3 Å². The SMILES string of the molecule is COc1ccc(F)cc1-c1cc(C)nc(CCl)n1. The van der Waals surface area contributed by atoms with E-state index in [0.29, 0.717) is 22.8 Å². The van der Waals surface area contributed by atoms with Crippen LogP contribution in [0.25, 0.3) is 11.3 Å². The average Bonchev–Trinajstić information content (AvgIpc) is 2.38. The van der Waals surface area contributed by atoms with Gasteiger partial charge in [-0.2, -0.15) is 0 Å². The van der Waals surface area contributed by atoms with Crippen LogP contribution in [0.1, 0.15) is 11.5 Å². The van der Waals surface area contributed by atoms with Crippen molar-refractivity contribution in [2.75, 3.05) is 7.11 Å². The number of hydrogen-bond donors (Lipinski definition) is 0. The van der Waals surface area contributed by atoms with Gasteiger partial charge in [0.1, 0.15) is 17.4 Å². The molecule has 0 unspecified atom stereocenters. The molecular weight excluding hydrogens is 255 g/mol. The lowest BCUT2D eigenvalue weighted by Gasteiger charge is -2.09. The van der Waals surface area contributed by atoms with Crippen LogP contribution in [0, 0.1) is 12.7 Å². The van der Waals surface area contributed by atoms with Crippen molar-refractivity contribution in [2.45, 2.75) is 12.8 Å². The highest BCUT2D eigenvalue weighted by Gasteiger charge is 2.10. The number of hydrogen-bond acceptors (Lipinski definition) is 3. The van der Waals surface area contributed by atoms with Crippen LogP contribution in [0.15, 0.2) is 24.3 Å². The van der Waals surface area contributed by atoms with Crippen LogP contribution < -0.4 is 4.74 Å². The molecule has 1 aromatic heterocycles. The molecule has 0 aliphatic heterocycles. The second-order valence-corrected chi connectivity index (χ2v) is 4.06. The van der Waals surface area contributed by atoms with E-state index >= 15 is 0 Å². The van der Waals surface area contributed by atoms with Gasteiger partial charge < -0.3 is 4.74 Å². The van der Waals surface area contributed by atoms with Crippen LogP contribution >= 0.6 is 11.6 Å². The van der Waals surface area contributed by atoms with Crippen LogP contribution in [0.5, 0.6) is 5.75 Å². The second-order valence-electron chi connectivity index (χ2n) is 3.79. The first-order chi connectivity index (χ1) is 8.63. The molecule has 5 heteroatoms. The first kappa shape index (κ1) is 12.8. The highest BCUT2D eigenvalue weighted by atomic mass is 35.5. The highest BCUT2D eigenvalue weighted by molar-refractivity contribution is 6.16. The Labute approximate surface area is 110 Å². The predicted octanol–water partition coefficient (Wildman–Crippen LogP) is 3.34. The number of halogens is 2. The van der Waals surface area contributed by atoms with Crippen molar-refractivity contribution in [3.63, 3.8) is 0 Å². The number of aryl methyl sites for hydroxylation is 1. The van der Waals surface area contributed by atoms with Gasteiger partial charge in [0.05, 0.1) is 18.7 Å². The van der Waals surface area contributed by atoms with E-state index in [1.807, 2.05) is 6.92 Å². The van der Waals surface area contributed by atoms with Crippen LogP contribution in [-0.4, -0.2) is 17.1 Å². The molecule has 0 aliphatic carbocycles. The van der Waals surface area contributed by atoms with Gasteiger partial charge >= 0.3 is 0 Å². The lowest BCUT2D eigenvalue weighted by molar-refractivity contribution is 0.415. The summed E-state index contributed by atoms with van der Waals surface area (Å²) in [7, 11) is 1.53. The van der Waals surface area contributed by atoms with Crippen molar-refractivity contribution in [3.8, 4) is 17.0 Å². The summed E-state index contributed by atoms with van der Waals surface area (Å²) in [5.41, 5.74) is 1.98. The highest BCUT2D eigenvalue weighted by Crippen LogP contribution is 2.29. The molecule has 1 heterocycles. The number of nitrogens with zero attached hydrogens (tertiary/aromatic N) is 2. The molecule has 0 bridgehead atoms. The normalized spacial score (nSPS) is 10.4. The lowest BCUT2D eigenvalue weighted by atomic mass is 10.1. The zero-order chi connectivity index (χ0) is 13.1. The number of ether oxygens (including phenoxy) is 1. The third kappa shape index (κ3) is 2.59. The van der Waals surface area contributed by atoms with Crippen LogP contribution in [0.3, 0.4) is 0 Å². The summed E-state index contributed by atoms with van der Waals surface area (Å²) in [6.07, 6.45) is 0. The van der Waals surface area contributed by atoms with Crippen molar-refractivity contribution in [1.29, 1.82) is 0 Å². The first-order valence-electron chi connectivity index (χ1n) is 5.38. The summed E-state index contributed by atoms with van der Waals surface area (Å²) in [5, 5.41) is 0. The Morgan fingerprint density at radius 2 is 2.06 bits per heavy atom. The molecule has 2 aromatic rings. The van der Waals surface area contributed by atoms with Gasteiger partial charge in [-0.25, -0.2) is 14.4 Å². The maximum absolute atomic E-state index is 13.3. The Morgan fingerprint density at radius 3 is 2.72 bits per heavy atom. The van der Waals surface area contributed by atoms with Crippen molar-refractivity contribution in [2.24, 2.45) is 0 Å². The first-order valence-corrected chi connectivity index (χ1v) is 5.92. The molecule has 0 amide bonds. The van der Waals surface area contributed by atoms with E-state index in [1.165, 1.54) is 19.2 Å². The van der Waals surface area contributed by atoms with Crippen LogP contribution in [0.4, 0.5) is 4.39 Å². The predicted molar refractivity (Wildman–Crippen MR) is 68.3 cm³/mol. The van der Waals surface area contributed by atoms with E-state index in [2.05, 4.69) is 9.97 Å². The van der Waals surface area contributed by atoms with E-state index in [4.69, 9.17) is 16.3 Å². The second kappa shape index (κ2) is 5.31. The van der Waals surface area contributed by atoms with Crippen molar-refractivity contribution >= 4 is 11.6 Å². The maximum atomic E-state index is 13.3. The zero-order valence-electron chi connectivity index (χ0n) is 10.1. The summed E-state index contributed by atoms with van der Waals surface area (Å²) < 4.78 is 18.5. The number of benzene rings is 1. The third-order valence-electron chi connectivity index (χ3n) is 2.46. The molecule has 0 atom stereocenters. The maximum Gasteiger partial charge on any atom is 0.143 e. The Kier molecular flexibility index (Phi) is 3.77. The van der Waals surface area contributed by atoms with E-state index in [9.17, 15) is 4.39 Å². The van der Waals surface area contributed by atoms with E-state index in [1.54, 1.807) is 12.1 Å². The molecule has 0 fully saturated rings. The fourth-order valence-corrected chi connectivity index (χ4v) is 1.83. The molecule has 0 radical (unpaired) electrons. The standard InChI is InChI=1S/C13H12ClFN2O/c1-8-5-11(17-13(7-14)16-8)10-6-9(15)3-4-12(10)18-2/h3-6H,7H2,1-2H3. The number of alkyl halides is 1. The summed E-state index contributed by atoms with van der Waals surface area (Å²) in [6.45, 7) is 1.84. The molecule has 0 saturated carbocycles. The molecule has 0 N–H and O–H groups in total. The Hall–Kier alpha value is -1.68. The van der Waals surface area contributed by atoms with Crippen molar-refractivity contribution < 1.29 is 9.13 Å². The van der Waals surface area contributed by atoms with Crippen LogP contribution in [-0.2, 0) is 5.88 Å². The monoisotopic (exact) mass is 266 g/mol. The van der Waals surface area contributed by atoms with Gasteiger partial charge in [0.15, 0.2) is 0 Å². The molecule has 0 aliphatic rings. The summed E-state index contributed by atoms with van der Waals surface area (Å²) in [6, 6.07) is 6.08. The molecule has 3 nitrogen and oxygen atoms in total. The van der Waals surface area contributed by atoms with Crippen molar-refractivity contribution in [1.82, 2.24) is 9.97 Å². The largest absolute Gasteiger partial charge is 0.496 e. The molecule has 0 spiro atoms. The van der Waals surface area contributed by atoms with Gasteiger partial charge in [-0.1, -0.05) is 0 Å². The van der Waals surface area contributed by atoms with Gasteiger partial charge in [-0.05, 0) is 31.2 Å². The van der Waals surface area contributed by atoms with E-state index in [-0.39, 0.29) is 11.7 Å². The smallest absolute Gasteiger partial charge is 0.143 e. The minimum atomic E-state index is -0.338. The average molecular weight is 267 g/mol. The quantitative estimate of drug-likeness (QED) is 0.799. The summed E-state index contributed by atoms with van der Waals surface area (Å²) in [4.78, 5) is 8.46. The minimum Gasteiger partial charge on any atom is -0.496 e. The van der Waals surface area contributed by atoms with Crippen LogP contribution in [0.2, 0.25) is 0 Å². The molecule has 1 aromatic carbocycles. The van der Waals surface area contributed by atoms with Gasteiger partial charge in [-0.15, -0.1) is 11.6 Å². The number of aromatic nitrogens is 2. The summed E-state index contributed by atoms with van der Waals surface area (Å²) in [5.74, 6) is 0.953. The van der Waals surface area contributed by atoms with E-state index < -0.39 is 0 Å². The van der Waals surface area contributed by atoms with Gasteiger partial charge in [0.25, 0.3) is 0 Å². The lowest BCUT2D eigenvalue weighted by Crippen LogP contribution is -1.98. The fraction of sp³-hybridized carbons (Fsp3) is 0.231. The van der Waals surface area contributed by atoms with Gasteiger partial charge in [0.2, 0.25) is 0 Å². The van der Waals surface area contributed by atoms with Crippen molar-refractivity contribution in [3.05, 3.63) is 41.6 Å². The number of rotatable bonds is 3. The molecule has 18 heavy (non-hydrogen) atoms. The Morgan fingerprint density at radius 1 is 1.28 bits per heavy atom. The Balaban J connectivity index is 2.60. The topological polar surface area (TPSA) is 35.0 Å².